The van der Waals surface area contributed by atoms with E-state index in [0.717, 1.165) is 38.5 Å². The van der Waals surface area contributed by atoms with Gasteiger partial charge in [-0.2, -0.15) is 0 Å². The molecule has 1 rings (SSSR count). The first-order valence-corrected chi connectivity index (χ1v) is 10.0. The fourth-order valence-corrected chi connectivity index (χ4v) is 3.87. The van der Waals surface area contributed by atoms with Gasteiger partial charge < -0.3 is 15.3 Å². The zero-order valence-corrected chi connectivity index (χ0v) is 16.3. The van der Waals surface area contributed by atoms with Crippen molar-refractivity contribution in [1.82, 2.24) is 0 Å². The second kappa shape index (κ2) is 12.2. The van der Waals surface area contributed by atoms with E-state index in [-0.39, 0.29) is 36.6 Å². The van der Waals surface area contributed by atoms with E-state index in [1.165, 1.54) is 5.57 Å². The summed E-state index contributed by atoms with van der Waals surface area (Å²) < 4.78 is 0. The van der Waals surface area contributed by atoms with Crippen LogP contribution in [0.25, 0.3) is 0 Å². The van der Waals surface area contributed by atoms with Gasteiger partial charge in [-0.25, -0.2) is 0 Å². The maximum atomic E-state index is 12.2. The monoisotopic (exact) mass is 368 g/mol. The van der Waals surface area contributed by atoms with Crippen molar-refractivity contribution < 1.29 is 24.9 Å². The standard InChI is InChI=1S/C21H36O5/c1-15(2)8-7-9-16(22)12-13-18-17(19(23)14-20(18)24)10-5-3-4-6-11-21(25)26/h8,16-18,20,22,24H,3-7,9-14H2,1-2H3,(H,25,26)/t16-,17+,18+,20+/m0/s1. The van der Waals surface area contributed by atoms with E-state index in [4.69, 9.17) is 5.11 Å². The normalized spacial score (nSPS) is 23.8. The minimum absolute atomic E-state index is 0.0420. The van der Waals surface area contributed by atoms with Gasteiger partial charge in [-0.3, -0.25) is 9.59 Å². The lowest BCUT2D eigenvalue weighted by Gasteiger charge is -2.22. The maximum absolute atomic E-state index is 12.2. The number of allylic oxidation sites excluding steroid dienone is 2. The van der Waals surface area contributed by atoms with Crippen LogP contribution in [0.4, 0.5) is 0 Å². The Morgan fingerprint density at radius 1 is 1.15 bits per heavy atom. The van der Waals surface area contributed by atoms with Crippen LogP contribution in [0.5, 0.6) is 0 Å². The molecule has 1 saturated carbocycles. The molecule has 4 atom stereocenters. The third-order valence-corrected chi connectivity index (χ3v) is 5.38. The predicted octanol–water partition coefficient (Wildman–Crippen LogP) is 3.87. The number of carbonyl (C=O) groups excluding carboxylic acids is 1. The van der Waals surface area contributed by atoms with Crippen LogP contribution >= 0.6 is 0 Å². The molecule has 0 aromatic rings. The molecule has 0 spiro atoms. The number of carboxylic acids is 1. The first kappa shape index (κ1) is 22.8. The molecule has 0 heterocycles. The van der Waals surface area contributed by atoms with Crippen molar-refractivity contribution in [1.29, 1.82) is 0 Å². The van der Waals surface area contributed by atoms with Crippen LogP contribution in [-0.2, 0) is 9.59 Å². The first-order valence-electron chi connectivity index (χ1n) is 10.0. The molecular weight excluding hydrogens is 332 g/mol. The number of carboxylic acid groups (broad SMARTS) is 1. The quantitative estimate of drug-likeness (QED) is 0.339. The molecule has 0 radical (unpaired) electrons. The molecule has 0 aromatic carbocycles. The molecule has 0 aliphatic heterocycles. The third-order valence-electron chi connectivity index (χ3n) is 5.38. The van der Waals surface area contributed by atoms with Gasteiger partial charge in [-0.15, -0.1) is 0 Å². The SMILES string of the molecule is CC(C)=CCC[C@H](O)CC[C@H]1[C@H](O)CC(=O)[C@@H]1CCCCCCC(=O)O. The predicted molar refractivity (Wildman–Crippen MR) is 102 cm³/mol. The lowest BCUT2D eigenvalue weighted by molar-refractivity contribution is -0.137. The molecule has 150 valence electrons. The lowest BCUT2D eigenvalue weighted by Crippen LogP contribution is -2.22. The van der Waals surface area contributed by atoms with E-state index in [0.29, 0.717) is 19.3 Å². The molecule has 1 aliphatic carbocycles. The van der Waals surface area contributed by atoms with Crippen molar-refractivity contribution in [2.24, 2.45) is 11.8 Å². The largest absolute Gasteiger partial charge is 0.481 e. The van der Waals surface area contributed by atoms with Crippen molar-refractivity contribution >= 4 is 11.8 Å². The highest BCUT2D eigenvalue weighted by atomic mass is 16.4. The molecule has 0 unspecified atom stereocenters. The van der Waals surface area contributed by atoms with Crippen LogP contribution < -0.4 is 0 Å². The molecule has 5 heteroatoms. The molecule has 3 N–H and O–H groups in total. The van der Waals surface area contributed by atoms with Gasteiger partial charge in [0.25, 0.3) is 0 Å². The summed E-state index contributed by atoms with van der Waals surface area (Å²) >= 11 is 0. The van der Waals surface area contributed by atoms with Gasteiger partial charge in [-0.1, -0.05) is 30.9 Å². The van der Waals surface area contributed by atoms with Crippen LogP contribution in [0.3, 0.4) is 0 Å². The van der Waals surface area contributed by atoms with Crippen molar-refractivity contribution in [3.63, 3.8) is 0 Å². The Morgan fingerprint density at radius 2 is 1.85 bits per heavy atom. The van der Waals surface area contributed by atoms with Gasteiger partial charge in [0.2, 0.25) is 0 Å². The molecule has 0 saturated heterocycles. The van der Waals surface area contributed by atoms with Crippen molar-refractivity contribution in [3.8, 4) is 0 Å². The number of aliphatic carboxylic acids is 1. The second-order valence-corrected chi connectivity index (χ2v) is 7.94. The summed E-state index contributed by atoms with van der Waals surface area (Å²) in [6, 6.07) is 0. The molecule has 26 heavy (non-hydrogen) atoms. The van der Waals surface area contributed by atoms with Crippen molar-refractivity contribution in [2.75, 3.05) is 0 Å². The number of ketones is 1. The highest BCUT2D eigenvalue weighted by molar-refractivity contribution is 5.84. The van der Waals surface area contributed by atoms with Crippen LogP contribution in [0, 0.1) is 11.8 Å². The van der Waals surface area contributed by atoms with Crippen molar-refractivity contribution in [2.45, 2.75) is 96.7 Å². The van der Waals surface area contributed by atoms with Crippen molar-refractivity contribution in [3.05, 3.63) is 11.6 Å². The Kier molecular flexibility index (Phi) is 10.7. The van der Waals surface area contributed by atoms with Gasteiger partial charge in [0, 0.05) is 18.8 Å². The molecular formula is C21H36O5. The fourth-order valence-electron chi connectivity index (χ4n) is 3.87. The Labute approximate surface area is 157 Å². The summed E-state index contributed by atoms with van der Waals surface area (Å²) in [5.74, 6) is -0.761. The molecule has 5 nitrogen and oxygen atoms in total. The number of rotatable bonds is 13. The third kappa shape index (κ3) is 8.95. The zero-order valence-electron chi connectivity index (χ0n) is 16.3. The zero-order chi connectivity index (χ0) is 19.5. The average Bonchev–Trinajstić information content (AvgIpc) is 2.81. The van der Waals surface area contributed by atoms with Crippen LogP contribution in [0.2, 0.25) is 0 Å². The molecule has 0 amide bonds. The second-order valence-electron chi connectivity index (χ2n) is 7.94. The summed E-state index contributed by atoms with van der Waals surface area (Å²) in [5, 5.41) is 29.0. The Morgan fingerprint density at radius 3 is 2.50 bits per heavy atom. The highest BCUT2D eigenvalue weighted by Gasteiger charge is 2.40. The Hall–Kier alpha value is -1.20. The van der Waals surface area contributed by atoms with Gasteiger partial charge in [0.1, 0.15) is 5.78 Å². The number of aliphatic hydroxyl groups excluding tert-OH is 2. The highest BCUT2D eigenvalue weighted by Crippen LogP contribution is 2.36. The number of Topliss-reactive ketones (excluding diaryl/α,β-unsaturated/α-hetero) is 1. The van der Waals surface area contributed by atoms with E-state index in [2.05, 4.69) is 6.08 Å². The van der Waals surface area contributed by atoms with Crippen LogP contribution in [-0.4, -0.2) is 39.3 Å². The number of unbranched alkanes of at least 4 members (excludes halogenated alkanes) is 3. The van der Waals surface area contributed by atoms with Crippen LogP contribution in [0.15, 0.2) is 11.6 Å². The van der Waals surface area contributed by atoms with E-state index < -0.39 is 12.1 Å². The van der Waals surface area contributed by atoms with Gasteiger partial charge in [-0.05, 0) is 58.3 Å². The van der Waals surface area contributed by atoms with E-state index in [9.17, 15) is 19.8 Å². The summed E-state index contributed by atoms with van der Waals surface area (Å²) in [6.07, 6.45) is 8.60. The summed E-state index contributed by atoms with van der Waals surface area (Å²) in [4.78, 5) is 22.7. The molecule has 0 aromatic heterocycles. The average molecular weight is 369 g/mol. The molecule has 1 fully saturated rings. The van der Waals surface area contributed by atoms with Gasteiger partial charge in [0.15, 0.2) is 0 Å². The summed E-state index contributed by atoms with van der Waals surface area (Å²) in [5.41, 5.74) is 1.25. The Bertz CT molecular complexity index is 467. The molecule has 0 bridgehead atoms. The first-order chi connectivity index (χ1) is 12.3. The lowest BCUT2D eigenvalue weighted by atomic mass is 9.85. The van der Waals surface area contributed by atoms with Crippen LogP contribution in [0.1, 0.15) is 84.5 Å². The summed E-state index contributed by atoms with van der Waals surface area (Å²) in [6.45, 7) is 4.08. The van der Waals surface area contributed by atoms with Gasteiger partial charge >= 0.3 is 5.97 Å². The van der Waals surface area contributed by atoms with E-state index in [1.807, 2.05) is 13.8 Å². The maximum Gasteiger partial charge on any atom is 0.303 e. The number of aliphatic hydroxyl groups is 2. The van der Waals surface area contributed by atoms with E-state index in [1.54, 1.807) is 0 Å². The summed E-state index contributed by atoms with van der Waals surface area (Å²) in [7, 11) is 0. The smallest absolute Gasteiger partial charge is 0.303 e. The number of hydrogen-bond acceptors (Lipinski definition) is 4. The van der Waals surface area contributed by atoms with E-state index >= 15 is 0 Å². The minimum Gasteiger partial charge on any atom is -0.481 e. The minimum atomic E-state index is -0.762. The molecule has 1 aliphatic rings. The number of carbonyl (C=O) groups is 2. The topological polar surface area (TPSA) is 94.8 Å². The van der Waals surface area contributed by atoms with Gasteiger partial charge in [0.05, 0.1) is 12.2 Å². The fraction of sp³-hybridized carbons (Fsp3) is 0.810. The Balaban J connectivity index is 2.33. The number of hydrogen-bond donors (Lipinski definition) is 3.